The molecular weight excluding hydrogens is 420 g/mol. The average molecular weight is 441 g/mol. The van der Waals surface area contributed by atoms with Crippen molar-refractivity contribution >= 4 is 44.6 Å². The molecule has 2 unspecified atom stereocenters. The van der Waals surface area contributed by atoms with Gasteiger partial charge in [0.05, 0.1) is 17.6 Å². The molecule has 1 aromatic heterocycles. The molecule has 2 aliphatic rings. The van der Waals surface area contributed by atoms with Gasteiger partial charge in [0.15, 0.2) is 0 Å². The molecule has 1 N–H and O–H groups in total. The SMILES string of the molecule is C=CPC1=Nc2ccc3cc4c(cc3c2C1)OCc1cc(-c2cnc(PC)[nH]2)ccc1-4. The maximum absolute atomic E-state index is 6.23. The molecule has 4 nitrogen and oxygen atoms in total. The fraction of sp³-hybridized carbons (Fsp3) is 0.120. The van der Waals surface area contributed by atoms with Crippen LogP contribution in [0.25, 0.3) is 33.2 Å². The predicted molar refractivity (Wildman–Crippen MR) is 134 cm³/mol. The number of hydrogen-bond donors (Lipinski definition) is 1. The zero-order valence-corrected chi connectivity index (χ0v) is 19.1. The standard InChI is InChI=1S/C25H21N3OP2/c1-3-31-24-11-19-18-10-23-20(9-14(18)5-7-21(19)27-24)17-6-4-15(8-16(17)13-29-23)22-12-26-25(28-22)30-2/h3-10,12,30-31H,1,11,13H2,2H3,(H,26,28). The number of nitrogens with one attached hydrogen (secondary N) is 1. The van der Waals surface area contributed by atoms with Gasteiger partial charge in [-0.2, -0.15) is 0 Å². The quantitative estimate of drug-likeness (QED) is 0.387. The Labute approximate surface area is 184 Å². The number of aliphatic imine (C=N–C) groups is 1. The molecule has 3 heterocycles. The number of aromatic nitrogens is 2. The van der Waals surface area contributed by atoms with Crippen LogP contribution < -0.4 is 10.3 Å². The van der Waals surface area contributed by atoms with Crippen molar-refractivity contribution in [1.82, 2.24) is 9.97 Å². The van der Waals surface area contributed by atoms with Crippen LogP contribution in [0.2, 0.25) is 0 Å². The van der Waals surface area contributed by atoms with Crippen molar-refractivity contribution in [3.8, 4) is 28.1 Å². The molecule has 0 saturated heterocycles. The molecule has 2 atom stereocenters. The van der Waals surface area contributed by atoms with Crippen LogP contribution in [-0.2, 0) is 13.0 Å². The normalized spacial score (nSPS) is 14.7. The van der Waals surface area contributed by atoms with Gasteiger partial charge in [0.25, 0.3) is 0 Å². The van der Waals surface area contributed by atoms with Crippen molar-refractivity contribution in [3.05, 3.63) is 72.2 Å². The van der Waals surface area contributed by atoms with Crippen LogP contribution in [0.4, 0.5) is 5.69 Å². The fourth-order valence-electron chi connectivity index (χ4n) is 4.47. The van der Waals surface area contributed by atoms with E-state index in [9.17, 15) is 0 Å². The Morgan fingerprint density at radius 1 is 1.13 bits per heavy atom. The molecule has 0 fully saturated rings. The fourth-order valence-corrected chi connectivity index (χ4v) is 5.62. The lowest BCUT2D eigenvalue weighted by Crippen LogP contribution is -2.06. The van der Waals surface area contributed by atoms with Gasteiger partial charge in [-0.25, -0.2) is 4.98 Å². The minimum absolute atomic E-state index is 0.576. The van der Waals surface area contributed by atoms with Gasteiger partial charge in [0.1, 0.15) is 17.9 Å². The van der Waals surface area contributed by atoms with Crippen LogP contribution in [0.5, 0.6) is 5.75 Å². The van der Waals surface area contributed by atoms with E-state index < -0.39 is 0 Å². The number of hydrogen-bond acceptors (Lipinski definition) is 3. The van der Waals surface area contributed by atoms with E-state index in [4.69, 9.17) is 9.73 Å². The number of fused-ring (bicyclic) bond motifs is 6. The van der Waals surface area contributed by atoms with Gasteiger partial charge in [-0.3, -0.25) is 4.99 Å². The Morgan fingerprint density at radius 3 is 2.90 bits per heavy atom. The van der Waals surface area contributed by atoms with E-state index in [1.807, 2.05) is 12.0 Å². The summed E-state index contributed by atoms with van der Waals surface area (Å²) in [7, 11) is 1.25. The number of imidazole rings is 1. The smallest absolute Gasteiger partial charge is 0.128 e. The second kappa shape index (κ2) is 7.41. The first kappa shape index (κ1) is 18.9. The van der Waals surface area contributed by atoms with Crippen molar-refractivity contribution in [2.24, 2.45) is 4.99 Å². The molecule has 152 valence electrons. The van der Waals surface area contributed by atoms with E-state index >= 15 is 0 Å². The first-order chi connectivity index (χ1) is 15.2. The molecule has 2 aliphatic heterocycles. The Bertz CT molecular complexity index is 1400. The minimum atomic E-state index is 0.576. The first-order valence-corrected chi connectivity index (χ1v) is 12.8. The maximum atomic E-state index is 6.23. The van der Waals surface area contributed by atoms with E-state index in [1.165, 1.54) is 32.9 Å². The number of H-pyrrole nitrogens is 1. The highest BCUT2D eigenvalue weighted by Crippen LogP contribution is 2.44. The average Bonchev–Trinajstić information content (AvgIpc) is 3.44. The van der Waals surface area contributed by atoms with Crippen molar-refractivity contribution in [2.45, 2.75) is 13.0 Å². The lowest BCUT2D eigenvalue weighted by Gasteiger charge is -2.22. The third-order valence-electron chi connectivity index (χ3n) is 5.98. The van der Waals surface area contributed by atoms with Crippen molar-refractivity contribution in [2.75, 3.05) is 6.66 Å². The van der Waals surface area contributed by atoms with Gasteiger partial charge < -0.3 is 9.72 Å². The number of rotatable bonds is 4. The summed E-state index contributed by atoms with van der Waals surface area (Å²) < 4.78 is 6.23. The summed E-state index contributed by atoms with van der Waals surface area (Å²) in [4.78, 5) is 12.7. The summed E-state index contributed by atoms with van der Waals surface area (Å²) in [5, 5.41) is 2.48. The monoisotopic (exact) mass is 441 g/mol. The van der Waals surface area contributed by atoms with Gasteiger partial charge in [-0.05, 0) is 64.0 Å². The van der Waals surface area contributed by atoms with Crippen LogP contribution in [0.3, 0.4) is 0 Å². The van der Waals surface area contributed by atoms with Gasteiger partial charge in [-0.1, -0.05) is 47.8 Å². The predicted octanol–water partition coefficient (Wildman–Crippen LogP) is 6.13. The van der Waals surface area contributed by atoms with Crippen molar-refractivity contribution < 1.29 is 4.74 Å². The topological polar surface area (TPSA) is 50.3 Å². The van der Waals surface area contributed by atoms with E-state index in [0.717, 1.165) is 40.2 Å². The van der Waals surface area contributed by atoms with Crippen molar-refractivity contribution in [3.63, 3.8) is 0 Å². The molecule has 3 aromatic carbocycles. The Morgan fingerprint density at radius 2 is 2.06 bits per heavy atom. The molecule has 6 heteroatoms. The number of ether oxygens (including phenoxy) is 1. The molecule has 31 heavy (non-hydrogen) atoms. The summed E-state index contributed by atoms with van der Waals surface area (Å²) in [6, 6.07) is 15.4. The lowest BCUT2D eigenvalue weighted by molar-refractivity contribution is 0.303. The molecule has 0 amide bonds. The van der Waals surface area contributed by atoms with Gasteiger partial charge in [0, 0.05) is 17.4 Å². The highest BCUT2D eigenvalue weighted by atomic mass is 31.1. The van der Waals surface area contributed by atoms with Gasteiger partial charge in [-0.15, -0.1) is 0 Å². The molecule has 0 bridgehead atoms. The zero-order valence-electron chi connectivity index (χ0n) is 17.1. The molecular formula is C25H21N3OP2. The molecule has 0 radical (unpaired) electrons. The Balaban J connectivity index is 1.42. The van der Waals surface area contributed by atoms with Crippen LogP contribution in [0.15, 0.2) is 66.0 Å². The van der Waals surface area contributed by atoms with Gasteiger partial charge in [0.2, 0.25) is 0 Å². The summed E-state index contributed by atoms with van der Waals surface area (Å²) in [6.07, 6.45) is 2.82. The van der Waals surface area contributed by atoms with Crippen molar-refractivity contribution in [1.29, 1.82) is 0 Å². The summed E-state index contributed by atoms with van der Waals surface area (Å²) in [5.41, 5.74) is 10.5. The lowest BCUT2D eigenvalue weighted by atomic mass is 9.91. The first-order valence-electron chi connectivity index (χ1n) is 10.3. The largest absolute Gasteiger partial charge is 0.488 e. The Kier molecular flexibility index (Phi) is 4.52. The maximum Gasteiger partial charge on any atom is 0.128 e. The highest BCUT2D eigenvalue weighted by Gasteiger charge is 2.22. The third-order valence-corrected chi connectivity index (χ3v) is 7.53. The van der Waals surface area contributed by atoms with E-state index in [1.54, 1.807) is 0 Å². The Hall–Kier alpha value is -2.80. The molecule has 6 rings (SSSR count). The summed E-state index contributed by atoms with van der Waals surface area (Å²) in [5.74, 6) is 2.91. The number of nitrogens with zero attached hydrogens (tertiary/aromatic N) is 2. The summed E-state index contributed by atoms with van der Waals surface area (Å²) in [6.45, 7) is 6.57. The van der Waals surface area contributed by atoms with Crippen LogP contribution >= 0.6 is 17.2 Å². The number of benzene rings is 3. The van der Waals surface area contributed by atoms with E-state index in [0.29, 0.717) is 23.8 Å². The third kappa shape index (κ3) is 3.14. The van der Waals surface area contributed by atoms with E-state index in [-0.39, 0.29) is 0 Å². The second-order valence-electron chi connectivity index (χ2n) is 7.77. The van der Waals surface area contributed by atoms with Crippen LogP contribution in [0.1, 0.15) is 11.1 Å². The zero-order chi connectivity index (χ0) is 20.9. The second-order valence-corrected chi connectivity index (χ2v) is 10.0. The van der Waals surface area contributed by atoms with E-state index in [2.05, 4.69) is 65.7 Å². The highest BCUT2D eigenvalue weighted by molar-refractivity contribution is 7.61. The summed E-state index contributed by atoms with van der Waals surface area (Å²) >= 11 is 0. The van der Waals surface area contributed by atoms with Gasteiger partial charge >= 0.3 is 0 Å². The molecule has 4 aromatic rings. The molecule has 0 aliphatic carbocycles. The number of aromatic amines is 1. The molecule has 0 saturated carbocycles. The molecule has 0 spiro atoms. The van der Waals surface area contributed by atoms with Crippen LogP contribution in [0, 0.1) is 0 Å². The van der Waals surface area contributed by atoms with Crippen LogP contribution in [-0.4, -0.2) is 22.1 Å². The minimum Gasteiger partial charge on any atom is -0.488 e.